The Morgan fingerprint density at radius 1 is 1.15 bits per heavy atom. The smallest absolute Gasteiger partial charge is 0.490 e. The molecule has 10 heteroatoms. The molecule has 0 saturated carbocycles. The Kier molecular flexibility index (Phi) is 7.89. The lowest BCUT2D eigenvalue weighted by atomic mass is 9.76. The molecule has 1 atom stereocenters. The first-order valence-corrected chi connectivity index (χ1v) is 11.2. The first-order valence-electron chi connectivity index (χ1n) is 11.2. The van der Waals surface area contributed by atoms with Crippen molar-refractivity contribution in [3.63, 3.8) is 0 Å². The summed E-state index contributed by atoms with van der Waals surface area (Å²) in [5.74, 6) is -2.73. The van der Waals surface area contributed by atoms with Gasteiger partial charge >= 0.3 is 12.1 Å². The number of halogens is 3. The van der Waals surface area contributed by atoms with Crippen molar-refractivity contribution in [1.82, 2.24) is 9.80 Å². The van der Waals surface area contributed by atoms with Gasteiger partial charge in [0.25, 0.3) is 5.91 Å². The molecular formula is C23H31F3N2O5. The Labute approximate surface area is 191 Å². The van der Waals surface area contributed by atoms with Gasteiger partial charge in [-0.05, 0) is 69.7 Å². The van der Waals surface area contributed by atoms with Gasteiger partial charge in [0.1, 0.15) is 5.75 Å². The molecule has 0 radical (unpaired) electrons. The van der Waals surface area contributed by atoms with Gasteiger partial charge in [-0.3, -0.25) is 4.79 Å². The van der Waals surface area contributed by atoms with Crippen LogP contribution in [0.25, 0.3) is 0 Å². The number of piperidine rings is 1. The Morgan fingerprint density at radius 2 is 1.76 bits per heavy atom. The fourth-order valence-electron chi connectivity index (χ4n) is 4.79. The predicted molar refractivity (Wildman–Crippen MR) is 114 cm³/mol. The van der Waals surface area contributed by atoms with E-state index in [0.717, 1.165) is 51.1 Å². The highest BCUT2D eigenvalue weighted by molar-refractivity contribution is 5.97. The van der Waals surface area contributed by atoms with Crippen molar-refractivity contribution in [2.75, 3.05) is 39.3 Å². The maximum Gasteiger partial charge on any atom is 0.490 e. The molecule has 33 heavy (non-hydrogen) atoms. The van der Waals surface area contributed by atoms with Crippen molar-refractivity contribution in [3.05, 3.63) is 29.3 Å². The summed E-state index contributed by atoms with van der Waals surface area (Å²) < 4.78 is 37.9. The number of hydrogen-bond donors (Lipinski definition) is 2. The zero-order chi connectivity index (χ0) is 24.2. The minimum atomic E-state index is -5.08. The number of aromatic hydroxyl groups is 1. The number of benzene rings is 1. The number of alkyl halides is 3. The highest BCUT2D eigenvalue weighted by Gasteiger charge is 2.43. The third-order valence-corrected chi connectivity index (χ3v) is 6.68. The van der Waals surface area contributed by atoms with E-state index in [1.54, 1.807) is 12.1 Å². The summed E-state index contributed by atoms with van der Waals surface area (Å²) >= 11 is 0. The Hall–Kier alpha value is -2.33. The SMILES string of the molecule is Cc1ccc(O)c(C(=O)N2CCC3(CC2)COC(CN2CCCC2)C3)c1.O=C(O)C(F)(F)F. The molecule has 184 valence electrons. The second-order valence-electron chi connectivity index (χ2n) is 9.26. The Bertz CT molecular complexity index is 847. The molecule has 1 aromatic carbocycles. The standard InChI is InChI=1S/C21H30N2O3.C2HF3O2/c1-16-4-5-19(24)18(12-16)20(25)23-10-6-21(7-11-23)13-17(26-15-21)14-22-8-2-3-9-22;3-2(4,5)1(6)7/h4-5,12,17,24H,2-3,6-11,13-15H2,1H3;(H,6,7). The van der Waals surface area contributed by atoms with Crippen LogP contribution >= 0.6 is 0 Å². The summed E-state index contributed by atoms with van der Waals surface area (Å²) in [6.45, 7) is 7.80. The molecule has 0 aliphatic carbocycles. The van der Waals surface area contributed by atoms with Crippen molar-refractivity contribution >= 4 is 11.9 Å². The van der Waals surface area contributed by atoms with E-state index in [-0.39, 0.29) is 17.1 Å². The molecule has 3 saturated heterocycles. The van der Waals surface area contributed by atoms with Gasteiger partial charge in [-0.1, -0.05) is 11.6 Å². The molecule has 1 unspecified atom stereocenters. The van der Waals surface area contributed by atoms with Crippen molar-refractivity contribution < 1.29 is 37.7 Å². The van der Waals surface area contributed by atoms with Gasteiger partial charge in [0.05, 0.1) is 18.3 Å². The van der Waals surface area contributed by atoms with Crippen LogP contribution in [-0.2, 0) is 9.53 Å². The molecule has 4 rings (SSSR count). The van der Waals surface area contributed by atoms with E-state index < -0.39 is 12.1 Å². The molecule has 3 fully saturated rings. The fraction of sp³-hybridized carbons (Fsp3) is 0.652. The highest BCUT2D eigenvalue weighted by atomic mass is 19.4. The highest BCUT2D eigenvalue weighted by Crippen LogP contribution is 2.42. The number of hydrogen-bond acceptors (Lipinski definition) is 5. The van der Waals surface area contributed by atoms with E-state index in [9.17, 15) is 23.1 Å². The van der Waals surface area contributed by atoms with E-state index in [4.69, 9.17) is 14.6 Å². The second kappa shape index (κ2) is 10.3. The van der Waals surface area contributed by atoms with Gasteiger partial charge in [-0.2, -0.15) is 13.2 Å². The number of carbonyl (C=O) groups is 2. The molecular weight excluding hydrogens is 441 g/mol. The van der Waals surface area contributed by atoms with Crippen LogP contribution < -0.4 is 0 Å². The number of ether oxygens (including phenoxy) is 1. The Balaban J connectivity index is 0.000000383. The van der Waals surface area contributed by atoms with E-state index >= 15 is 0 Å². The van der Waals surface area contributed by atoms with Gasteiger partial charge in [-0.15, -0.1) is 0 Å². The number of rotatable bonds is 3. The van der Waals surface area contributed by atoms with Crippen LogP contribution in [0.2, 0.25) is 0 Å². The monoisotopic (exact) mass is 472 g/mol. The fourth-order valence-corrected chi connectivity index (χ4v) is 4.79. The number of phenols is 1. The first kappa shape index (κ1) is 25.3. The lowest BCUT2D eigenvalue weighted by Gasteiger charge is -2.38. The molecule has 2 N–H and O–H groups in total. The van der Waals surface area contributed by atoms with Gasteiger partial charge < -0.3 is 24.7 Å². The van der Waals surface area contributed by atoms with Crippen molar-refractivity contribution in [3.8, 4) is 5.75 Å². The van der Waals surface area contributed by atoms with E-state index in [0.29, 0.717) is 11.7 Å². The number of carboxylic acid groups (broad SMARTS) is 1. The number of likely N-dealkylation sites (tertiary alicyclic amines) is 2. The topological polar surface area (TPSA) is 90.3 Å². The minimum absolute atomic E-state index is 0.0476. The lowest BCUT2D eigenvalue weighted by Crippen LogP contribution is -2.43. The van der Waals surface area contributed by atoms with E-state index in [1.165, 1.54) is 25.9 Å². The third kappa shape index (κ3) is 6.60. The molecule has 3 heterocycles. The van der Waals surface area contributed by atoms with Crippen LogP contribution in [0, 0.1) is 12.3 Å². The molecule has 3 aliphatic rings. The second-order valence-corrected chi connectivity index (χ2v) is 9.26. The molecule has 0 aromatic heterocycles. The number of aliphatic carboxylic acids is 1. The number of nitrogens with zero attached hydrogens (tertiary/aromatic N) is 2. The van der Waals surface area contributed by atoms with Crippen molar-refractivity contribution in [2.45, 2.75) is 51.3 Å². The Morgan fingerprint density at radius 3 is 2.33 bits per heavy atom. The van der Waals surface area contributed by atoms with Crippen LogP contribution in [0.5, 0.6) is 5.75 Å². The number of phenolic OH excluding ortho intramolecular Hbond substituents is 1. The van der Waals surface area contributed by atoms with Crippen LogP contribution in [0.4, 0.5) is 13.2 Å². The molecule has 3 aliphatic heterocycles. The summed E-state index contributed by atoms with van der Waals surface area (Å²) in [4.78, 5) is 26.1. The van der Waals surface area contributed by atoms with Crippen molar-refractivity contribution in [1.29, 1.82) is 0 Å². The summed E-state index contributed by atoms with van der Waals surface area (Å²) in [5.41, 5.74) is 1.67. The number of amides is 1. The summed E-state index contributed by atoms with van der Waals surface area (Å²) in [7, 11) is 0. The van der Waals surface area contributed by atoms with Crippen LogP contribution in [0.15, 0.2) is 18.2 Å². The van der Waals surface area contributed by atoms with Gasteiger partial charge in [0, 0.05) is 19.6 Å². The number of aryl methyl sites for hydroxylation is 1. The van der Waals surface area contributed by atoms with Crippen LogP contribution in [0.1, 0.15) is 48.0 Å². The van der Waals surface area contributed by atoms with Gasteiger partial charge in [0.2, 0.25) is 0 Å². The zero-order valence-electron chi connectivity index (χ0n) is 18.7. The molecule has 1 amide bonds. The molecule has 1 aromatic rings. The molecule has 1 spiro atoms. The van der Waals surface area contributed by atoms with Crippen molar-refractivity contribution in [2.24, 2.45) is 5.41 Å². The van der Waals surface area contributed by atoms with Crippen LogP contribution in [-0.4, -0.2) is 83.5 Å². The average Bonchev–Trinajstić information content (AvgIpc) is 3.40. The molecule has 0 bridgehead atoms. The quantitative estimate of drug-likeness (QED) is 0.701. The molecule has 7 nitrogen and oxygen atoms in total. The normalized spacial score (nSPS) is 22.8. The van der Waals surface area contributed by atoms with E-state index in [2.05, 4.69) is 4.90 Å². The largest absolute Gasteiger partial charge is 0.507 e. The summed E-state index contributed by atoms with van der Waals surface area (Å²) in [6, 6.07) is 5.22. The number of carboxylic acids is 1. The van der Waals surface area contributed by atoms with Crippen LogP contribution in [0.3, 0.4) is 0 Å². The zero-order valence-corrected chi connectivity index (χ0v) is 18.7. The number of carbonyl (C=O) groups excluding carboxylic acids is 1. The lowest BCUT2D eigenvalue weighted by molar-refractivity contribution is -0.192. The minimum Gasteiger partial charge on any atom is -0.507 e. The maximum absolute atomic E-state index is 12.8. The summed E-state index contributed by atoms with van der Waals surface area (Å²) in [5, 5.41) is 17.2. The predicted octanol–water partition coefficient (Wildman–Crippen LogP) is 3.44. The third-order valence-electron chi connectivity index (χ3n) is 6.68. The van der Waals surface area contributed by atoms with Gasteiger partial charge in [-0.25, -0.2) is 4.79 Å². The maximum atomic E-state index is 12.8. The average molecular weight is 473 g/mol. The first-order chi connectivity index (χ1) is 15.5. The van der Waals surface area contributed by atoms with Gasteiger partial charge in [0.15, 0.2) is 0 Å². The summed E-state index contributed by atoms with van der Waals surface area (Å²) in [6.07, 6.45) is 1.04. The van der Waals surface area contributed by atoms with E-state index in [1.807, 2.05) is 17.9 Å².